The Morgan fingerprint density at radius 2 is 2.12 bits per heavy atom. The molecule has 1 heterocycles. The third-order valence-corrected chi connectivity index (χ3v) is 2.95. The molecule has 1 aliphatic rings. The van der Waals surface area contributed by atoms with Gasteiger partial charge in [0.15, 0.2) is 0 Å². The van der Waals surface area contributed by atoms with Crippen LogP contribution in [0.25, 0.3) is 0 Å². The molecular weight excluding hydrogens is 200 g/mol. The maximum Gasteiger partial charge on any atom is 0.136 e. The molecule has 1 aromatic carbocycles. The maximum absolute atomic E-state index is 10.2. The third-order valence-electron chi connectivity index (χ3n) is 2.95. The standard InChI is InChI=1S/C14H18O2/c1-10-6-7-12(11(2)9-10)14(15)13-5-3-4-8-16-13/h5-7,9,14-15H,3-4,8H2,1-2H3. The minimum Gasteiger partial charge on any atom is -0.495 e. The van der Waals surface area contributed by atoms with Gasteiger partial charge in [0, 0.05) is 0 Å². The van der Waals surface area contributed by atoms with Gasteiger partial charge in [0.1, 0.15) is 11.9 Å². The van der Waals surface area contributed by atoms with E-state index in [0.29, 0.717) is 12.4 Å². The number of hydrogen-bond acceptors (Lipinski definition) is 2. The monoisotopic (exact) mass is 218 g/mol. The van der Waals surface area contributed by atoms with Crippen LogP contribution in [0.5, 0.6) is 0 Å². The quantitative estimate of drug-likeness (QED) is 0.826. The highest BCUT2D eigenvalue weighted by atomic mass is 16.5. The maximum atomic E-state index is 10.2. The molecule has 1 unspecified atom stereocenters. The van der Waals surface area contributed by atoms with Crippen molar-refractivity contribution in [2.24, 2.45) is 0 Å². The van der Waals surface area contributed by atoms with E-state index >= 15 is 0 Å². The average Bonchev–Trinajstić information content (AvgIpc) is 2.29. The van der Waals surface area contributed by atoms with Crippen LogP contribution in [0.3, 0.4) is 0 Å². The zero-order valence-corrected chi connectivity index (χ0v) is 9.86. The minimum absolute atomic E-state index is 0.610. The number of aryl methyl sites for hydroxylation is 2. The summed E-state index contributed by atoms with van der Waals surface area (Å²) in [6, 6.07) is 6.09. The van der Waals surface area contributed by atoms with E-state index in [1.54, 1.807) is 0 Å². The minimum atomic E-state index is -0.610. The molecule has 2 nitrogen and oxygen atoms in total. The highest BCUT2D eigenvalue weighted by Gasteiger charge is 2.18. The lowest BCUT2D eigenvalue weighted by molar-refractivity contribution is 0.0914. The van der Waals surface area contributed by atoms with Crippen LogP contribution in [-0.2, 0) is 4.74 Å². The van der Waals surface area contributed by atoms with Gasteiger partial charge < -0.3 is 9.84 Å². The number of hydrogen-bond donors (Lipinski definition) is 1. The van der Waals surface area contributed by atoms with E-state index < -0.39 is 6.10 Å². The second kappa shape index (κ2) is 4.71. The Balaban J connectivity index is 2.26. The van der Waals surface area contributed by atoms with Gasteiger partial charge in [-0.2, -0.15) is 0 Å². The SMILES string of the molecule is Cc1ccc(C(O)C2=CCCCO2)c(C)c1. The van der Waals surface area contributed by atoms with Gasteiger partial charge >= 0.3 is 0 Å². The zero-order valence-electron chi connectivity index (χ0n) is 9.86. The fourth-order valence-electron chi connectivity index (χ4n) is 2.05. The first-order valence-corrected chi connectivity index (χ1v) is 5.76. The van der Waals surface area contributed by atoms with Crippen molar-refractivity contribution in [3.8, 4) is 0 Å². The van der Waals surface area contributed by atoms with Gasteiger partial charge in [0.25, 0.3) is 0 Å². The predicted molar refractivity (Wildman–Crippen MR) is 64.1 cm³/mol. The fourth-order valence-corrected chi connectivity index (χ4v) is 2.05. The largest absolute Gasteiger partial charge is 0.495 e. The summed E-state index contributed by atoms with van der Waals surface area (Å²) in [5, 5.41) is 10.2. The molecule has 1 aliphatic heterocycles. The Labute approximate surface area is 96.6 Å². The van der Waals surface area contributed by atoms with E-state index in [1.807, 2.05) is 25.1 Å². The smallest absolute Gasteiger partial charge is 0.136 e. The van der Waals surface area contributed by atoms with Crippen LogP contribution >= 0.6 is 0 Å². The summed E-state index contributed by atoms with van der Waals surface area (Å²) in [7, 11) is 0. The van der Waals surface area contributed by atoms with Crippen LogP contribution in [0.4, 0.5) is 0 Å². The van der Waals surface area contributed by atoms with E-state index in [1.165, 1.54) is 5.56 Å². The fraction of sp³-hybridized carbons (Fsp3) is 0.429. The number of benzene rings is 1. The van der Waals surface area contributed by atoms with Crippen molar-refractivity contribution >= 4 is 0 Å². The highest BCUT2D eigenvalue weighted by Crippen LogP contribution is 2.28. The summed E-state index contributed by atoms with van der Waals surface area (Å²) in [5.74, 6) is 0.707. The zero-order chi connectivity index (χ0) is 11.5. The van der Waals surface area contributed by atoms with Gasteiger partial charge in [0.05, 0.1) is 6.61 Å². The molecule has 0 saturated carbocycles. The molecule has 16 heavy (non-hydrogen) atoms. The second-order valence-corrected chi connectivity index (χ2v) is 4.36. The number of aliphatic hydroxyl groups excluding tert-OH is 1. The van der Waals surface area contributed by atoms with Crippen LogP contribution in [-0.4, -0.2) is 11.7 Å². The summed E-state index contributed by atoms with van der Waals surface area (Å²) in [5.41, 5.74) is 3.27. The molecule has 0 bridgehead atoms. The van der Waals surface area contributed by atoms with E-state index in [2.05, 4.69) is 13.0 Å². The Morgan fingerprint density at radius 3 is 2.75 bits per heavy atom. The molecule has 2 rings (SSSR count). The molecule has 1 N–H and O–H groups in total. The van der Waals surface area contributed by atoms with Crippen LogP contribution < -0.4 is 0 Å². The molecule has 0 aliphatic carbocycles. The first kappa shape index (κ1) is 11.2. The summed E-state index contributed by atoms with van der Waals surface area (Å²) >= 11 is 0. The van der Waals surface area contributed by atoms with Gasteiger partial charge in [0.2, 0.25) is 0 Å². The lowest BCUT2D eigenvalue weighted by atomic mass is 9.99. The van der Waals surface area contributed by atoms with Crippen LogP contribution in [0, 0.1) is 13.8 Å². The molecule has 86 valence electrons. The molecule has 1 atom stereocenters. The summed E-state index contributed by atoms with van der Waals surface area (Å²) in [6.45, 7) is 4.79. The Kier molecular flexibility index (Phi) is 3.30. The highest BCUT2D eigenvalue weighted by molar-refractivity contribution is 5.35. The first-order valence-electron chi connectivity index (χ1n) is 5.76. The molecule has 0 aromatic heterocycles. The van der Waals surface area contributed by atoms with E-state index in [-0.39, 0.29) is 0 Å². The molecule has 1 aromatic rings. The van der Waals surface area contributed by atoms with Crippen molar-refractivity contribution in [1.29, 1.82) is 0 Å². The van der Waals surface area contributed by atoms with Crippen molar-refractivity contribution in [1.82, 2.24) is 0 Å². The normalized spacial score (nSPS) is 17.6. The van der Waals surface area contributed by atoms with Crippen LogP contribution in [0.1, 0.15) is 35.6 Å². The summed E-state index contributed by atoms with van der Waals surface area (Å²) < 4.78 is 5.49. The first-order chi connectivity index (χ1) is 7.68. The van der Waals surface area contributed by atoms with Crippen molar-refractivity contribution < 1.29 is 9.84 Å². The predicted octanol–water partition coefficient (Wildman–Crippen LogP) is 3.03. The van der Waals surface area contributed by atoms with Gasteiger partial charge in [-0.25, -0.2) is 0 Å². The Morgan fingerprint density at radius 1 is 1.31 bits per heavy atom. The molecule has 0 spiro atoms. The van der Waals surface area contributed by atoms with Gasteiger partial charge in [-0.3, -0.25) is 0 Å². The van der Waals surface area contributed by atoms with Gasteiger partial charge in [-0.15, -0.1) is 0 Å². The number of rotatable bonds is 2. The Hall–Kier alpha value is -1.28. The second-order valence-electron chi connectivity index (χ2n) is 4.36. The third kappa shape index (κ3) is 2.27. The molecule has 2 heteroatoms. The van der Waals surface area contributed by atoms with E-state index in [4.69, 9.17) is 4.74 Å². The van der Waals surface area contributed by atoms with Crippen molar-refractivity contribution in [2.45, 2.75) is 32.8 Å². The molecule has 0 radical (unpaired) electrons. The van der Waals surface area contributed by atoms with Crippen molar-refractivity contribution in [2.75, 3.05) is 6.61 Å². The molecule has 0 amide bonds. The molecule has 0 fully saturated rings. The Bertz CT molecular complexity index is 407. The van der Waals surface area contributed by atoms with Gasteiger partial charge in [-0.05, 0) is 43.9 Å². The number of allylic oxidation sites excluding steroid dienone is 1. The summed E-state index contributed by atoms with van der Waals surface area (Å²) in [4.78, 5) is 0. The van der Waals surface area contributed by atoms with Crippen LogP contribution in [0.15, 0.2) is 30.0 Å². The van der Waals surface area contributed by atoms with Crippen LogP contribution in [0.2, 0.25) is 0 Å². The lowest BCUT2D eigenvalue weighted by Gasteiger charge is -2.21. The topological polar surface area (TPSA) is 29.5 Å². The number of aliphatic hydroxyl groups is 1. The van der Waals surface area contributed by atoms with Crippen molar-refractivity contribution in [3.63, 3.8) is 0 Å². The van der Waals surface area contributed by atoms with E-state index in [9.17, 15) is 5.11 Å². The molecule has 0 saturated heterocycles. The lowest BCUT2D eigenvalue weighted by Crippen LogP contribution is -2.10. The number of ether oxygens (including phenoxy) is 1. The van der Waals surface area contributed by atoms with E-state index in [0.717, 1.165) is 24.0 Å². The molecular formula is C14H18O2. The van der Waals surface area contributed by atoms with Gasteiger partial charge in [-0.1, -0.05) is 23.8 Å². The average molecular weight is 218 g/mol. The summed E-state index contributed by atoms with van der Waals surface area (Å²) in [6.07, 6.45) is 3.43. The van der Waals surface area contributed by atoms with Crippen molar-refractivity contribution in [3.05, 3.63) is 46.7 Å².